The van der Waals surface area contributed by atoms with Crippen LogP contribution in [0.4, 0.5) is 0 Å². The van der Waals surface area contributed by atoms with Gasteiger partial charge in [-0.3, -0.25) is 13.8 Å². The second-order valence-electron chi connectivity index (χ2n) is 16.2. The van der Waals surface area contributed by atoms with E-state index in [1.165, 1.54) is 96.3 Å². The standard InChI is InChI=1S/C46H82NO8P/c1-6-8-10-12-14-16-18-20-21-22-23-25-27-29-31-33-39-51-43(42-54-56(49,50)53-40-38-47(3,4)5)41-52-46(48)37-34-36-45-44(55-45)35-32-30-28-26-24-19-17-15-13-11-9-7-2/h15-18,24,26,30,32-33,39,43-45H,6-14,19-23,25,27-29,31,34-38,40-42H2,1-5H3/p+1/b17-15-,18-16-,26-24-,32-30-,39-33+/t43-,44?,45?/m1/s1. The molecule has 0 amide bonds. The molecule has 0 aliphatic carbocycles. The predicted octanol–water partition coefficient (Wildman–Crippen LogP) is 12.3. The summed E-state index contributed by atoms with van der Waals surface area (Å²) < 4.78 is 40.6. The van der Waals surface area contributed by atoms with E-state index in [1.807, 2.05) is 27.2 Å². The number of hydrogen-bond donors (Lipinski definition) is 1. The van der Waals surface area contributed by atoms with Crippen LogP contribution in [0, 0.1) is 0 Å². The quantitative estimate of drug-likeness (QED) is 0.0125. The number of unbranched alkanes of at least 4 members (excludes halogenated alkanes) is 14. The molecule has 0 aromatic rings. The number of ether oxygens (including phenoxy) is 3. The van der Waals surface area contributed by atoms with E-state index in [9.17, 15) is 14.3 Å². The van der Waals surface area contributed by atoms with E-state index in [1.54, 1.807) is 6.26 Å². The van der Waals surface area contributed by atoms with Gasteiger partial charge in [-0.1, -0.05) is 120 Å². The third kappa shape index (κ3) is 35.2. The van der Waals surface area contributed by atoms with Crippen molar-refractivity contribution in [3.63, 3.8) is 0 Å². The summed E-state index contributed by atoms with van der Waals surface area (Å²) in [6.07, 6.45) is 46.6. The number of rotatable bonds is 39. The molecule has 324 valence electrons. The number of phosphoric ester groups is 1. The van der Waals surface area contributed by atoms with Gasteiger partial charge < -0.3 is 23.6 Å². The summed E-state index contributed by atoms with van der Waals surface area (Å²) in [5, 5.41) is 0. The molecule has 4 atom stereocenters. The van der Waals surface area contributed by atoms with Crippen LogP contribution >= 0.6 is 7.82 Å². The largest absolute Gasteiger partial charge is 0.492 e. The van der Waals surface area contributed by atoms with Crippen molar-refractivity contribution >= 4 is 13.8 Å². The van der Waals surface area contributed by atoms with Crippen molar-refractivity contribution < 1.29 is 42.0 Å². The molecule has 0 spiro atoms. The lowest BCUT2D eigenvalue weighted by Gasteiger charge is -2.24. The highest BCUT2D eigenvalue weighted by molar-refractivity contribution is 7.47. The third-order valence-electron chi connectivity index (χ3n) is 9.56. The first-order valence-corrected chi connectivity index (χ1v) is 23.7. The van der Waals surface area contributed by atoms with Crippen LogP contribution in [0.1, 0.15) is 162 Å². The molecule has 0 aromatic carbocycles. The molecule has 10 heteroatoms. The summed E-state index contributed by atoms with van der Waals surface area (Å²) in [7, 11) is 1.62. The van der Waals surface area contributed by atoms with Gasteiger partial charge in [0.1, 0.15) is 19.8 Å². The number of allylic oxidation sites excluding steroid dienone is 8. The molecular formula is C46H83NO8P+. The van der Waals surface area contributed by atoms with Gasteiger partial charge in [0.15, 0.2) is 6.10 Å². The first-order valence-electron chi connectivity index (χ1n) is 22.2. The molecular weight excluding hydrogens is 725 g/mol. The normalized spacial score (nSPS) is 17.9. The van der Waals surface area contributed by atoms with Crippen LogP contribution in [0.15, 0.2) is 60.9 Å². The van der Waals surface area contributed by atoms with E-state index >= 15 is 0 Å². The maximum Gasteiger partial charge on any atom is 0.472 e. The Morgan fingerprint density at radius 2 is 1.21 bits per heavy atom. The van der Waals surface area contributed by atoms with Crippen molar-refractivity contribution in [3.05, 3.63) is 60.9 Å². The molecule has 0 aromatic heterocycles. The van der Waals surface area contributed by atoms with E-state index in [-0.39, 0.29) is 44.4 Å². The lowest BCUT2D eigenvalue weighted by molar-refractivity contribution is -0.870. The summed E-state index contributed by atoms with van der Waals surface area (Å²) in [5.74, 6) is -0.341. The van der Waals surface area contributed by atoms with E-state index < -0.39 is 13.9 Å². The highest BCUT2D eigenvalue weighted by Crippen LogP contribution is 2.43. The average molecular weight is 809 g/mol. The summed E-state index contributed by atoms with van der Waals surface area (Å²) in [5.41, 5.74) is 0. The number of esters is 1. The van der Waals surface area contributed by atoms with Crippen molar-refractivity contribution in [1.82, 2.24) is 0 Å². The van der Waals surface area contributed by atoms with Gasteiger partial charge in [-0.2, -0.15) is 0 Å². The Labute approximate surface area is 343 Å². The summed E-state index contributed by atoms with van der Waals surface area (Å²) in [6, 6.07) is 0. The molecule has 3 unspecified atom stereocenters. The van der Waals surface area contributed by atoms with E-state index in [4.69, 9.17) is 23.3 Å². The van der Waals surface area contributed by atoms with Crippen molar-refractivity contribution in [1.29, 1.82) is 0 Å². The first kappa shape index (κ1) is 52.0. The van der Waals surface area contributed by atoms with E-state index in [0.717, 1.165) is 38.5 Å². The number of nitrogens with zero attached hydrogens (tertiary/aromatic N) is 1. The summed E-state index contributed by atoms with van der Waals surface area (Å²) >= 11 is 0. The van der Waals surface area contributed by atoms with Crippen LogP contribution in [0.5, 0.6) is 0 Å². The third-order valence-corrected chi connectivity index (χ3v) is 10.5. The second kappa shape index (κ2) is 35.0. The van der Waals surface area contributed by atoms with Gasteiger partial charge in [0.2, 0.25) is 0 Å². The fourth-order valence-electron chi connectivity index (χ4n) is 5.91. The molecule has 1 heterocycles. The Morgan fingerprint density at radius 3 is 1.86 bits per heavy atom. The number of phosphoric acid groups is 1. The number of quaternary nitrogens is 1. The van der Waals surface area contributed by atoms with Crippen molar-refractivity contribution in [2.24, 2.45) is 0 Å². The Kier molecular flexibility index (Phi) is 32.5. The second-order valence-corrected chi connectivity index (χ2v) is 17.6. The van der Waals surface area contributed by atoms with Crippen molar-refractivity contribution in [2.75, 3.05) is 47.5 Å². The fourth-order valence-corrected chi connectivity index (χ4v) is 6.65. The highest BCUT2D eigenvalue weighted by atomic mass is 31.2. The van der Waals surface area contributed by atoms with Crippen LogP contribution in [0.25, 0.3) is 0 Å². The average Bonchev–Trinajstić information content (AvgIpc) is 3.91. The zero-order valence-electron chi connectivity index (χ0n) is 36.3. The predicted molar refractivity (Wildman–Crippen MR) is 232 cm³/mol. The molecule has 1 N–H and O–H groups in total. The molecule has 1 saturated heterocycles. The Morgan fingerprint density at radius 1 is 0.679 bits per heavy atom. The van der Waals surface area contributed by atoms with Crippen LogP contribution in [0.2, 0.25) is 0 Å². The smallest absolute Gasteiger partial charge is 0.472 e. The van der Waals surface area contributed by atoms with E-state index in [0.29, 0.717) is 17.4 Å². The lowest BCUT2D eigenvalue weighted by Crippen LogP contribution is -2.37. The number of hydrogen-bond acceptors (Lipinski definition) is 7. The molecule has 0 radical (unpaired) electrons. The molecule has 1 aliphatic heterocycles. The first-order chi connectivity index (χ1) is 27.1. The molecule has 1 aliphatic rings. The van der Waals surface area contributed by atoms with Crippen LogP contribution in [-0.2, 0) is 32.6 Å². The number of epoxide rings is 1. The minimum atomic E-state index is -4.29. The van der Waals surface area contributed by atoms with Gasteiger partial charge in [0.25, 0.3) is 0 Å². The van der Waals surface area contributed by atoms with Crippen LogP contribution < -0.4 is 0 Å². The fraction of sp³-hybridized carbons (Fsp3) is 0.761. The zero-order chi connectivity index (χ0) is 41.0. The molecule has 0 saturated carbocycles. The molecule has 0 bridgehead atoms. The zero-order valence-corrected chi connectivity index (χ0v) is 37.2. The van der Waals surface area contributed by atoms with Crippen LogP contribution in [0.3, 0.4) is 0 Å². The van der Waals surface area contributed by atoms with Crippen LogP contribution in [-0.4, -0.2) is 81.2 Å². The summed E-state index contributed by atoms with van der Waals surface area (Å²) in [6.45, 7) is 4.76. The minimum absolute atomic E-state index is 0.0739. The topological polar surface area (TPSA) is 104 Å². The van der Waals surface area contributed by atoms with Gasteiger partial charge in [0.05, 0.1) is 46.2 Å². The Balaban J connectivity index is 2.31. The molecule has 9 nitrogen and oxygen atoms in total. The van der Waals surface area contributed by atoms with Gasteiger partial charge >= 0.3 is 13.8 Å². The monoisotopic (exact) mass is 809 g/mol. The van der Waals surface area contributed by atoms with Gasteiger partial charge in [-0.05, 0) is 89.5 Å². The Hall–Kier alpha value is -2.00. The SMILES string of the molecule is CCCCC/C=C\C/C=C\C/C=C\CC1OC1CCCC(=O)OC[C@H](COP(=O)(O)OCC[N+](C)(C)C)O/C=C/CCCCCCCC/C=C\CCCCCC. The number of likely N-dealkylation sites (N-methyl/N-ethyl adjacent to an activating group) is 1. The van der Waals surface area contributed by atoms with Gasteiger partial charge in [-0.15, -0.1) is 0 Å². The maximum absolute atomic E-state index is 12.6. The van der Waals surface area contributed by atoms with Gasteiger partial charge in [-0.25, -0.2) is 4.57 Å². The molecule has 1 fully saturated rings. The van der Waals surface area contributed by atoms with Gasteiger partial charge in [0, 0.05) is 6.42 Å². The minimum Gasteiger partial charge on any atom is -0.492 e. The lowest BCUT2D eigenvalue weighted by atomic mass is 10.1. The van der Waals surface area contributed by atoms with E-state index in [2.05, 4.69) is 62.5 Å². The van der Waals surface area contributed by atoms with Crippen molar-refractivity contribution in [2.45, 2.75) is 180 Å². The number of carbonyl (C=O) groups is 1. The Bertz CT molecular complexity index is 1140. The van der Waals surface area contributed by atoms with Crippen molar-refractivity contribution in [3.8, 4) is 0 Å². The number of carbonyl (C=O) groups excluding carboxylic acids is 1. The summed E-state index contributed by atoms with van der Waals surface area (Å²) in [4.78, 5) is 22.8. The molecule has 1 rings (SSSR count). The maximum atomic E-state index is 12.6. The molecule has 56 heavy (non-hydrogen) atoms. The highest BCUT2D eigenvalue weighted by Gasteiger charge is 2.36.